The van der Waals surface area contributed by atoms with Gasteiger partial charge in [0.05, 0.1) is 25.4 Å². The van der Waals surface area contributed by atoms with Crippen molar-refractivity contribution in [2.24, 2.45) is 0 Å². The van der Waals surface area contributed by atoms with Crippen LogP contribution in [0.2, 0.25) is 0 Å². The molecule has 1 aliphatic rings. The second-order valence-corrected chi connectivity index (χ2v) is 18.3. The van der Waals surface area contributed by atoms with Crippen molar-refractivity contribution >= 4 is 5.91 Å². The van der Waals surface area contributed by atoms with Crippen LogP contribution in [0.3, 0.4) is 0 Å². The number of nitrogens with one attached hydrogen (secondary N) is 1. The molecule has 0 saturated carbocycles. The Kier molecular flexibility index (Phi) is 43.4. The summed E-state index contributed by atoms with van der Waals surface area (Å²) < 4.78 is 11.2. The van der Waals surface area contributed by atoms with Gasteiger partial charge in [-0.2, -0.15) is 0 Å². The van der Waals surface area contributed by atoms with Crippen LogP contribution in [0.4, 0.5) is 0 Å². The molecule has 0 aromatic rings. The summed E-state index contributed by atoms with van der Waals surface area (Å²) >= 11 is 0. The Morgan fingerprint density at radius 3 is 1.43 bits per heavy atom. The van der Waals surface area contributed by atoms with Crippen LogP contribution in [0, 0.1) is 0 Å². The molecule has 1 amide bonds. The number of rotatable bonds is 44. The van der Waals surface area contributed by atoms with E-state index >= 15 is 0 Å². The van der Waals surface area contributed by atoms with E-state index < -0.39 is 49.5 Å². The minimum atomic E-state index is -1.58. The third-order valence-corrected chi connectivity index (χ3v) is 12.1. The lowest BCUT2D eigenvalue weighted by Crippen LogP contribution is -2.60. The molecule has 1 saturated heterocycles. The Balaban J connectivity index is 2.33. The molecule has 1 fully saturated rings. The summed E-state index contributed by atoms with van der Waals surface area (Å²) in [6.45, 7) is 3.63. The van der Waals surface area contributed by atoms with Gasteiger partial charge in [-0.3, -0.25) is 4.79 Å². The van der Waals surface area contributed by atoms with Crippen LogP contribution in [0.25, 0.3) is 0 Å². The van der Waals surface area contributed by atoms with Crippen molar-refractivity contribution in [1.82, 2.24) is 5.32 Å². The third-order valence-electron chi connectivity index (χ3n) is 12.1. The van der Waals surface area contributed by atoms with Gasteiger partial charge in [-0.05, 0) is 89.9 Å². The van der Waals surface area contributed by atoms with E-state index in [1.165, 1.54) is 89.9 Å². The lowest BCUT2D eigenvalue weighted by molar-refractivity contribution is -0.302. The van der Waals surface area contributed by atoms with Gasteiger partial charge < -0.3 is 40.3 Å². The standard InChI is InChI=1S/C58H99NO8/c1-3-5-7-9-11-13-15-17-19-21-23-25-26-28-30-32-34-36-38-40-42-44-46-48-54(62)59-51(50-66-58-57(65)56(64)55(63)53(49-60)67-58)52(61)47-45-43-41-39-37-35-33-31-29-27-24-22-20-18-16-14-12-10-8-6-4-2/h5,7,11,13,17,19,23,25,28-31,37,39,45,47,51-53,55-58,60-61,63-65H,3-4,6,8-10,12,14-16,18,20-22,24,26-27,32-36,38,40-44,46,48-50H2,1-2H3,(H,59,62)/b7-5-,13-11-,19-17-,25-23-,30-28-,31-29+,39-37+,47-45+. The van der Waals surface area contributed by atoms with Crippen LogP contribution in [0.1, 0.15) is 206 Å². The Hall–Kier alpha value is -2.89. The first-order chi connectivity index (χ1) is 32.8. The van der Waals surface area contributed by atoms with Crippen LogP contribution in [-0.4, -0.2) is 87.5 Å². The molecule has 9 nitrogen and oxygen atoms in total. The number of carbonyl (C=O) groups excluding carboxylic acids is 1. The molecule has 1 heterocycles. The smallest absolute Gasteiger partial charge is 0.220 e. The summed E-state index contributed by atoms with van der Waals surface area (Å²) in [5.41, 5.74) is 0. The molecule has 0 radical (unpaired) electrons. The number of ether oxygens (including phenoxy) is 2. The fourth-order valence-corrected chi connectivity index (χ4v) is 7.86. The normalized spacial score (nSPS) is 20.5. The lowest BCUT2D eigenvalue weighted by atomic mass is 9.99. The lowest BCUT2D eigenvalue weighted by Gasteiger charge is -2.40. The molecule has 0 spiro atoms. The van der Waals surface area contributed by atoms with Gasteiger partial charge >= 0.3 is 0 Å². The van der Waals surface area contributed by atoms with E-state index in [4.69, 9.17) is 9.47 Å². The molecule has 0 aromatic heterocycles. The second-order valence-electron chi connectivity index (χ2n) is 18.3. The highest BCUT2D eigenvalue weighted by Gasteiger charge is 2.44. The molecule has 1 rings (SSSR count). The molecule has 6 N–H and O–H groups in total. The summed E-state index contributed by atoms with van der Waals surface area (Å²) in [5.74, 6) is -0.206. The number of allylic oxidation sites excluding steroid dienone is 15. The highest BCUT2D eigenvalue weighted by molar-refractivity contribution is 5.76. The predicted octanol–water partition coefficient (Wildman–Crippen LogP) is 12.8. The van der Waals surface area contributed by atoms with Crippen LogP contribution < -0.4 is 5.32 Å². The Morgan fingerprint density at radius 2 is 0.940 bits per heavy atom. The molecule has 0 bridgehead atoms. The molecule has 1 aliphatic heterocycles. The summed E-state index contributed by atoms with van der Waals surface area (Å²) in [6, 6.07) is -0.841. The molecule has 7 unspecified atom stereocenters. The molecule has 384 valence electrons. The zero-order valence-electron chi connectivity index (χ0n) is 42.4. The van der Waals surface area contributed by atoms with Crippen molar-refractivity contribution in [3.05, 3.63) is 97.2 Å². The monoisotopic (exact) mass is 938 g/mol. The number of hydrogen-bond donors (Lipinski definition) is 6. The minimum Gasteiger partial charge on any atom is -0.394 e. The van der Waals surface area contributed by atoms with E-state index in [2.05, 4.69) is 104 Å². The topological polar surface area (TPSA) is 149 Å². The zero-order chi connectivity index (χ0) is 48.7. The summed E-state index contributed by atoms with van der Waals surface area (Å²) in [6.07, 6.45) is 60.3. The van der Waals surface area contributed by atoms with Gasteiger partial charge in [0, 0.05) is 6.42 Å². The highest BCUT2D eigenvalue weighted by Crippen LogP contribution is 2.22. The van der Waals surface area contributed by atoms with Gasteiger partial charge in [-0.1, -0.05) is 207 Å². The number of aliphatic hydroxyl groups is 5. The average Bonchev–Trinajstić information content (AvgIpc) is 3.33. The van der Waals surface area contributed by atoms with E-state index in [-0.39, 0.29) is 12.5 Å². The van der Waals surface area contributed by atoms with Gasteiger partial charge in [0.1, 0.15) is 24.4 Å². The Morgan fingerprint density at radius 1 is 0.522 bits per heavy atom. The molecule has 0 aliphatic carbocycles. The van der Waals surface area contributed by atoms with Gasteiger partial charge in [0.2, 0.25) is 5.91 Å². The van der Waals surface area contributed by atoms with Crippen LogP contribution in [-0.2, 0) is 14.3 Å². The molecule has 67 heavy (non-hydrogen) atoms. The number of aliphatic hydroxyl groups excluding tert-OH is 5. The maximum absolute atomic E-state index is 13.0. The summed E-state index contributed by atoms with van der Waals surface area (Å²) in [7, 11) is 0. The maximum atomic E-state index is 13.0. The number of hydrogen-bond acceptors (Lipinski definition) is 8. The number of carbonyl (C=O) groups is 1. The fraction of sp³-hybridized carbons (Fsp3) is 0.707. The summed E-state index contributed by atoms with van der Waals surface area (Å²) in [5, 5.41) is 54.4. The van der Waals surface area contributed by atoms with Gasteiger partial charge in [0.25, 0.3) is 0 Å². The van der Waals surface area contributed by atoms with E-state index in [0.717, 1.165) is 96.3 Å². The van der Waals surface area contributed by atoms with Gasteiger partial charge in [-0.25, -0.2) is 0 Å². The first kappa shape index (κ1) is 62.1. The average molecular weight is 938 g/mol. The SMILES string of the molecule is CC/C=C\C/C=C\C/C=C\C/C=C\C/C=C\CCCCCCCCCC(=O)NC(COC1OC(CO)C(O)C(O)C1O)C(O)/C=C/CC/C=C/CC/C=C/CCCCCCCCCCCCC. The van der Waals surface area contributed by atoms with Crippen molar-refractivity contribution in [2.45, 2.75) is 249 Å². The maximum Gasteiger partial charge on any atom is 0.220 e. The van der Waals surface area contributed by atoms with Crippen molar-refractivity contribution in [3.63, 3.8) is 0 Å². The van der Waals surface area contributed by atoms with Crippen molar-refractivity contribution in [2.75, 3.05) is 13.2 Å². The quantitative estimate of drug-likeness (QED) is 0.0261. The van der Waals surface area contributed by atoms with Gasteiger partial charge in [0.15, 0.2) is 6.29 Å². The molecular weight excluding hydrogens is 839 g/mol. The largest absolute Gasteiger partial charge is 0.394 e. The number of unbranched alkanes of at least 4 members (excludes halogenated alkanes) is 20. The number of amides is 1. The Labute approximate surface area is 409 Å². The van der Waals surface area contributed by atoms with Crippen molar-refractivity contribution < 1.29 is 39.8 Å². The summed E-state index contributed by atoms with van der Waals surface area (Å²) in [4.78, 5) is 13.0. The van der Waals surface area contributed by atoms with E-state index in [1.54, 1.807) is 6.08 Å². The molecule has 9 heteroatoms. The minimum absolute atomic E-state index is 0.206. The Bertz CT molecular complexity index is 1370. The molecule has 0 aromatic carbocycles. The third kappa shape index (κ3) is 36.7. The second kappa shape index (κ2) is 46.8. The van der Waals surface area contributed by atoms with Crippen LogP contribution in [0.5, 0.6) is 0 Å². The zero-order valence-corrected chi connectivity index (χ0v) is 42.4. The highest BCUT2D eigenvalue weighted by atomic mass is 16.7. The van der Waals surface area contributed by atoms with Crippen molar-refractivity contribution in [3.8, 4) is 0 Å². The van der Waals surface area contributed by atoms with E-state index in [1.807, 2.05) is 6.08 Å². The van der Waals surface area contributed by atoms with Gasteiger partial charge in [-0.15, -0.1) is 0 Å². The van der Waals surface area contributed by atoms with E-state index in [9.17, 15) is 30.3 Å². The van der Waals surface area contributed by atoms with E-state index in [0.29, 0.717) is 6.42 Å². The molecule has 7 atom stereocenters. The fourth-order valence-electron chi connectivity index (χ4n) is 7.86. The first-order valence-electron chi connectivity index (χ1n) is 27.0. The van der Waals surface area contributed by atoms with Crippen LogP contribution >= 0.6 is 0 Å². The van der Waals surface area contributed by atoms with Crippen molar-refractivity contribution in [1.29, 1.82) is 0 Å². The van der Waals surface area contributed by atoms with Crippen LogP contribution in [0.15, 0.2) is 97.2 Å². The predicted molar refractivity (Wildman–Crippen MR) is 281 cm³/mol. The first-order valence-corrected chi connectivity index (χ1v) is 27.0. The molecular formula is C58H99NO8.